The van der Waals surface area contributed by atoms with Crippen LogP contribution < -0.4 is 10.6 Å². The van der Waals surface area contributed by atoms with Crippen LogP contribution in [0.3, 0.4) is 0 Å². The van der Waals surface area contributed by atoms with Gasteiger partial charge in [0.2, 0.25) is 5.91 Å². The summed E-state index contributed by atoms with van der Waals surface area (Å²) in [7, 11) is 0. The molecular formula is C31H39ClN4O3. The van der Waals surface area contributed by atoms with Gasteiger partial charge in [0.05, 0.1) is 5.60 Å². The van der Waals surface area contributed by atoms with Gasteiger partial charge in [0, 0.05) is 52.9 Å². The van der Waals surface area contributed by atoms with Gasteiger partial charge in [-0.05, 0) is 81.3 Å². The van der Waals surface area contributed by atoms with E-state index in [1.807, 2.05) is 50.4 Å². The molecule has 2 aromatic carbocycles. The highest BCUT2D eigenvalue weighted by atomic mass is 35.5. The van der Waals surface area contributed by atoms with Crippen molar-refractivity contribution in [2.24, 2.45) is 5.92 Å². The fourth-order valence-electron chi connectivity index (χ4n) is 5.03. The van der Waals surface area contributed by atoms with Crippen molar-refractivity contribution in [1.82, 2.24) is 15.2 Å². The highest BCUT2D eigenvalue weighted by Crippen LogP contribution is 2.24. The van der Waals surface area contributed by atoms with E-state index in [9.17, 15) is 14.7 Å². The Labute approximate surface area is 235 Å². The van der Waals surface area contributed by atoms with E-state index in [0.29, 0.717) is 49.5 Å². The molecule has 1 saturated heterocycles. The molecule has 39 heavy (non-hydrogen) atoms. The summed E-state index contributed by atoms with van der Waals surface area (Å²) in [6, 6.07) is 14.6. The number of H-pyrrole nitrogens is 1. The zero-order valence-electron chi connectivity index (χ0n) is 22.8. The number of hydrogen-bond donors (Lipinski definition) is 4. The number of benzene rings is 2. The van der Waals surface area contributed by atoms with Crippen LogP contribution in [-0.2, 0) is 4.79 Å². The van der Waals surface area contributed by atoms with Crippen LogP contribution >= 0.6 is 11.6 Å². The molecule has 3 atom stereocenters. The molecule has 2 heterocycles. The number of anilines is 1. The van der Waals surface area contributed by atoms with Crippen molar-refractivity contribution in [3.05, 3.63) is 71.4 Å². The number of urea groups is 1. The molecule has 1 aliphatic heterocycles. The zero-order valence-corrected chi connectivity index (χ0v) is 23.5. The van der Waals surface area contributed by atoms with Crippen molar-refractivity contribution >= 4 is 46.2 Å². The minimum Gasteiger partial charge on any atom is -0.390 e. The topological polar surface area (TPSA) is 97.5 Å². The molecule has 1 aliphatic rings. The SMILES string of the molecule is CC1CCCC(C)(O)CCCN(C(=O)Nc2ccc(Cl)cc2)CCC(/C=C/c2c[nH]c3ccccc23)NC1=O. The number of nitrogens with zero attached hydrogens (tertiary/aromatic N) is 1. The monoisotopic (exact) mass is 550 g/mol. The van der Waals surface area contributed by atoms with E-state index < -0.39 is 5.60 Å². The summed E-state index contributed by atoms with van der Waals surface area (Å²) in [5.74, 6) is -0.186. The Hall–Kier alpha value is -3.29. The molecule has 3 aromatic rings. The molecule has 1 aromatic heterocycles. The minimum absolute atomic E-state index is 0.0163. The molecule has 1 fully saturated rings. The highest BCUT2D eigenvalue weighted by molar-refractivity contribution is 6.30. The van der Waals surface area contributed by atoms with Crippen molar-refractivity contribution in [2.45, 2.75) is 64.0 Å². The Morgan fingerprint density at radius 1 is 1.10 bits per heavy atom. The number of nitrogens with one attached hydrogen (secondary N) is 3. The predicted octanol–water partition coefficient (Wildman–Crippen LogP) is 6.59. The summed E-state index contributed by atoms with van der Waals surface area (Å²) in [4.78, 5) is 31.4. The Morgan fingerprint density at radius 3 is 2.64 bits per heavy atom. The van der Waals surface area contributed by atoms with E-state index in [1.165, 1.54) is 0 Å². The molecule has 7 nitrogen and oxygen atoms in total. The third kappa shape index (κ3) is 8.35. The summed E-state index contributed by atoms with van der Waals surface area (Å²) >= 11 is 6.00. The lowest BCUT2D eigenvalue weighted by molar-refractivity contribution is -0.125. The van der Waals surface area contributed by atoms with E-state index in [4.69, 9.17) is 11.6 Å². The van der Waals surface area contributed by atoms with Gasteiger partial charge >= 0.3 is 6.03 Å². The zero-order chi connectivity index (χ0) is 27.8. The van der Waals surface area contributed by atoms with E-state index >= 15 is 0 Å². The molecule has 0 bridgehead atoms. The number of carbonyl (C=O) groups excluding carboxylic acids is 2. The van der Waals surface area contributed by atoms with E-state index in [2.05, 4.69) is 21.7 Å². The first-order chi connectivity index (χ1) is 18.7. The Balaban J connectivity index is 1.53. The van der Waals surface area contributed by atoms with E-state index in [1.54, 1.807) is 29.2 Å². The number of halogens is 1. The smallest absolute Gasteiger partial charge is 0.321 e. The van der Waals surface area contributed by atoms with Crippen molar-refractivity contribution in [3.8, 4) is 0 Å². The maximum atomic E-state index is 13.3. The first-order valence-electron chi connectivity index (χ1n) is 13.8. The second-order valence-corrected chi connectivity index (χ2v) is 11.3. The van der Waals surface area contributed by atoms with Gasteiger partial charge in [-0.25, -0.2) is 4.79 Å². The third-order valence-corrected chi connectivity index (χ3v) is 7.75. The number of aromatic amines is 1. The van der Waals surface area contributed by atoms with Crippen LogP contribution in [0.5, 0.6) is 0 Å². The van der Waals surface area contributed by atoms with E-state index in [0.717, 1.165) is 29.3 Å². The lowest BCUT2D eigenvalue weighted by Crippen LogP contribution is -2.42. The van der Waals surface area contributed by atoms with Gasteiger partial charge < -0.3 is 25.6 Å². The summed E-state index contributed by atoms with van der Waals surface area (Å²) in [6.07, 6.45) is 9.94. The van der Waals surface area contributed by atoms with Crippen molar-refractivity contribution in [2.75, 3.05) is 18.4 Å². The Bertz CT molecular complexity index is 1280. The predicted molar refractivity (Wildman–Crippen MR) is 159 cm³/mol. The molecule has 3 unspecified atom stereocenters. The second kappa shape index (κ2) is 13.2. The van der Waals surface area contributed by atoms with Gasteiger partial charge in [0.15, 0.2) is 0 Å². The summed E-state index contributed by atoms with van der Waals surface area (Å²) < 4.78 is 0. The van der Waals surface area contributed by atoms with Gasteiger partial charge in [-0.3, -0.25) is 4.79 Å². The van der Waals surface area contributed by atoms with Crippen molar-refractivity contribution in [3.63, 3.8) is 0 Å². The van der Waals surface area contributed by atoms with Crippen molar-refractivity contribution in [1.29, 1.82) is 0 Å². The highest BCUT2D eigenvalue weighted by Gasteiger charge is 2.25. The molecule has 4 N–H and O–H groups in total. The van der Waals surface area contributed by atoms with Crippen LogP contribution in [0.15, 0.2) is 60.8 Å². The molecule has 208 valence electrons. The van der Waals surface area contributed by atoms with Gasteiger partial charge in [0.1, 0.15) is 0 Å². The Morgan fingerprint density at radius 2 is 1.85 bits per heavy atom. The van der Waals surface area contributed by atoms with Crippen LogP contribution in [0.25, 0.3) is 17.0 Å². The average Bonchev–Trinajstić information content (AvgIpc) is 3.32. The molecule has 0 radical (unpaired) electrons. The lowest BCUT2D eigenvalue weighted by atomic mass is 9.91. The van der Waals surface area contributed by atoms with Crippen LogP contribution in [0, 0.1) is 5.92 Å². The van der Waals surface area contributed by atoms with Gasteiger partial charge in [0.25, 0.3) is 0 Å². The van der Waals surface area contributed by atoms with Gasteiger partial charge in [-0.1, -0.05) is 48.9 Å². The van der Waals surface area contributed by atoms with Gasteiger partial charge in [-0.2, -0.15) is 0 Å². The number of carbonyl (C=O) groups is 2. The third-order valence-electron chi connectivity index (χ3n) is 7.49. The number of para-hydroxylation sites is 1. The number of aliphatic hydroxyl groups is 1. The van der Waals surface area contributed by atoms with Crippen LogP contribution in [0.2, 0.25) is 5.02 Å². The standard InChI is InChI=1S/C31H39ClN4O3/c1-22-7-5-17-31(2,39)18-6-19-36(30(38)35-25-14-11-24(32)12-15-25)20-16-26(34-29(22)37)13-10-23-21-33-28-9-4-3-8-27(23)28/h3-4,8-15,21-22,26,33,39H,5-7,16-20H2,1-2H3,(H,34,37)(H,35,38)/b13-10+. The molecule has 3 amide bonds. The molecule has 8 heteroatoms. The summed E-state index contributed by atoms with van der Waals surface area (Å²) in [5, 5.41) is 18.7. The Kier molecular flexibility index (Phi) is 9.70. The maximum Gasteiger partial charge on any atom is 0.321 e. The fraction of sp³-hybridized carbons (Fsp3) is 0.419. The summed E-state index contributed by atoms with van der Waals surface area (Å²) in [5.41, 5.74) is 1.94. The first kappa shape index (κ1) is 28.7. The quantitative estimate of drug-likeness (QED) is 0.296. The largest absolute Gasteiger partial charge is 0.390 e. The first-order valence-corrected chi connectivity index (χ1v) is 14.2. The number of amides is 3. The molecular weight excluding hydrogens is 512 g/mol. The molecule has 0 aliphatic carbocycles. The second-order valence-electron chi connectivity index (χ2n) is 10.9. The number of rotatable bonds is 3. The molecule has 4 rings (SSSR count). The van der Waals surface area contributed by atoms with E-state index in [-0.39, 0.29) is 23.9 Å². The number of hydrogen-bond acceptors (Lipinski definition) is 3. The molecule has 0 spiro atoms. The fourth-order valence-corrected chi connectivity index (χ4v) is 5.16. The summed E-state index contributed by atoms with van der Waals surface area (Å²) in [6.45, 7) is 4.72. The van der Waals surface area contributed by atoms with Gasteiger partial charge in [-0.15, -0.1) is 0 Å². The van der Waals surface area contributed by atoms with Crippen LogP contribution in [0.4, 0.5) is 10.5 Å². The number of aromatic nitrogens is 1. The van der Waals surface area contributed by atoms with Crippen LogP contribution in [-0.4, -0.2) is 51.7 Å². The van der Waals surface area contributed by atoms with Crippen molar-refractivity contribution < 1.29 is 14.7 Å². The van der Waals surface area contributed by atoms with Crippen LogP contribution in [0.1, 0.15) is 57.9 Å². The number of fused-ring (bicyclic) bond motifs is 1. The normalized spacial score (nSPS) is 23.9. The molecule has 0 saturated carbocycles. The average molecular weight is 551 g/mol. The maximum absolute atomic E-state index is 13.3. The minimum atomic E-state index is -0.830. The lowest BCUT2D eigenvalue weighted by Gasteiger charge is -2.29.